The Morgan fingerprint density at radius 2 is 0.831 bits per heavy atom. The van der Waals surface area contributed by atoms with Gasteiger partial charge in [0.15, 0.2) is 17.5 Å². The molecule has 2 heterocycles. The van der Waals surface area contributed by atoms with Crippen molar-refractivity contribution in [2.24, 2.45) is 0 Å². The van der Waals surface area contributed by atoms with Crippen LogP contribution in [0.2, 0.25) is 0 Å². The van der Waals surface area contributed by atoms with Crippen LogP contribution in [0.1, 0.15) is 0 Å². The summed E-state index contributed by atoms with van der Waals surface area (Å²) in [7, 11) is 0. The summed E-state index contributed by atoms with van der Waals surface area (Å²) >= 11 is 0. The third-order valence-corrected chi connectivity index (χ3v) is 12.3. The zero-order valence-corrected chi connectivity index (χ0v) is 31.8. The van der Waals surface area contributed by atoms with Crippen molar-refractivity contribution >= 4 is 64.9 Å². The van der Waals surface area contributed by atoms with Crippen LogP contribution in [0.25, 0.3) is 127 Å². The first-order chi connectivity index (χ1) is 29.3. The van der Waals surface area contributed by atoms with E-state index in [0.717, 1.165) is 27.8 Å². The third-order valence-electron chi connectivity index (χ3n) is 12.3. The van der Waals surface area contributed by atoms with Gasteiger partial charge in [0.25, 0.3) is 0 Å². The first-order valence-electron chi connectivity index (χ1n) is 20.1. The second kappa shape index (κ2) is 12.3. The number of aromatic nitrogens is 4. The highest BCUT2D eigenvalue weighted by molar-refractivity contribution is 6.39. The summed E-state index contributed by atoms with van der Waals surface area (Å²) in [5.41, 5.74) is 11.5. The molecule has 0 radical (unpaired) electrons. The monoisotopic (exact) mass is 748 g/mol. The Balaban J connectivity index is 1.04. The number of hydrogen-bond acceptors (Lipinski definition) is 3. The van der Waals surface area contributed by atoms with Crippen LogP contribution >= 0.6 is 0 Å². The van der Waals surface area contributed by atoms with Crippen LogP contribution in [0.3, 0.4) is 0 Å². The molecular weight excluding hydrogens is 717 g/mol. The van der Waals surface area contributed by atoms with Crippen LogP contribution in [0.15, 0.2) is 194 Å². The van der Waals surface area contributed by atoms with Crippen molar-refractivity contribution in [1.82, 2.24) is 19.5 Å². The molecule has 9 aromatic carbocycles. The Morgan fingerprint density at radius 1 is 0.288 bits per heavy atom. The summed E-state index contributed by atoms with van der Waals surface area (Å²) in [6.45, 7) is 0. The molecule has 4 heteroatoms. The van der Waals surface area contributed by atoms with Gasteiger partial charge in [0.05, 0.1) is 11.0 Å². The van der Waals surface area contributed by atoms with Gasteiger partial charge in [0.1, 0.15) is 0 Å². The molecule has 0 bridgehead atoms. The first kappa shape index (κ1) is 32.2. The van der Waals surface area contributed by atoms with Crippen molar-refractivity contribution in [3.05, 3.63) is 194 Å². The van der Waals surface area contributed by atoms with Crippen molar-refractivity contribution in [2.75, 3.05) is 0 Å². The molecule has 0 spiro atoms. The molecule has 0 aliphatic heterocycles. The lowest BCUT2D eigenvalue weighted by molar-refractivity contribution is 1.07. The lowest BCUT2D eigenvalue weighted by Crippen LogP contribution is -2.00. The van der Waals surface area contributed by atoms with Crippen molar-refractivity contribution < 1.29 is 0 Å². The predicted octanol–water partition coefficient (Wildman–Crippen LogP) is 14.2. The maximum atomic E-state index is 5.10. The minimum atomic E-state index is 0.639. The van der Waals surface area contributed by atoms with Gasteiger partial charge in [-0.1, -0.05) is 152 Å². The fourth-order valence-electron chi connectivity index (χ4n) is 9.75. The smallest absolute Gasteiger partial charge is 0.164 e. The summed E-state index contributed by atoms with van der Waals surface area (Å²) in [6.07, 6.45) is 0. The van der Waals surface area contributed by atoms with Gasteiger partial charge in [0, 0.05) is 38.7 Å². The van der Waals surface area contributed by atoms with Gasteiger partial charge in [-0.2, -0.15) is 0 Å². The zero-order valence-electron chi connectivity index (χ0n) is 31.8. The molecule has 4 nitrogen and oxygen atoms in total. The highest BCUT2D eigenvalue weighted by Crippen LogP contribution is 2.55. The van der Waals surface area contributed by atoms with Crippen LogP contribution in [0.5, 0.6) is 0 Å². The van der Waals surface area contributed by atoms with E-state index in [0.29, 0.717) is 17.5 Å². The molecule has 59 heavy (non-hydrogen) atoms. The van der Waals surface area contributed by atoms with E-state index in [2.05, 4.69) is 180 Å². The molecule has 0 amide bonds. The average molecular weight is 749 g/mol. The van der Waals surface area contributed by atoms with Gasteiger partial charge in [-0.25, -0.2) is 15.0 Å². The number of fused-ring (bicyclic) bond motifs is 4. The van der Waals surface area contributed by atoms with Gasteiger partial charge >= 0.3 is 0 Å². The molecule has 0 atom stereocenters. The van der Waals surface area contributed by atoms with E-state index in [9.17, 15) is 0 Å². The van der Waals surface area contributed by atoms with E-state index in [4.69, 9.17) is 15.0 Å². The number of nitrogens with zero attached hydrogens (tertiary/aromatic N) is 4. The molecule has 2 aliphatic carbocycles. The van der Waals surface area contributed by atoms with Crippen LogP contribution < -0.4 is 0 Å². The number of hydrogen-bond donors (Lipinski definition) is 0. The van der Waals surface area contributed by atoms with E-state index in [-0.39, 0.29) is 0 Å². The Morgan fingerprint density at radius 3 is 1.61 bits per heavy atom. The normalized spacial score (nSPS) is 12.1. The highest BCUT2D eigenvalue weighted by atomic mass is 15.0. The van der Waals surface area contributed by atoms with Gasteiger partial charge < -0.3 is 4.57 Å². The van der Waals surface area contributed by atoms with Crippen molar-refractivity contribution in [3.63, 3.8) is 0 Å². The van der Waals surface area contributed by atoms with E-state index >= 15 is 0 Å². The highest BCUT2D eigenvalue weighted by Gasteiger charge is 2.29. The molecule has 13 rings (SSSR count). The fourth-order valence-corrected chi connectivity index (χ4v) is 9.75. The number of rotatable bonds is 5. The maximum absolute atomic E-state index is 5.10. The van der Waals surface area contributed by atoms with Gasteiger partial charge in [-0.05, 0) is 102 Å². The van der Waals surface area contributed by atoms with E-state index in [1.807, 2.05) is 18.2 Å². The third kappa shape index (κ3) is 4.69. The standard InChI is InChI=1S/C55H32N4/c1-3-13-34(14-4-1)47-44-21-11-18-35-26-30-45-51(48(35)44)52-46(31-29-43-41-19-9-10-20-42(41)49(47)50(43)52)59(45)40-27-24-37(25-28-40)54-56-53(36-15-5-2-6-16-36)57-55(58-54)39-23-22-33-12-7-8-17-38(33)32-39/h1-32H. The second-order valence-electron chi connectivity index (χ2n) is 15.5. The minimum absolute atomic E-state index is 0.639. The van der Waals surface area contributed by atoms with E-state index in [1.54, 1.807) is 0 Å². The SMILES string of the molecule is c1ccc(-c2nc(-c3ccc(-n4c5ccc6c7c5c5c8c(cccc8c(-c8ccccc8)c-7c7ccccc76)ccc54)cc3)nc(-c3ccc4ccccc4c3)n2)cc1. The van der Waals surface area contributed by atoms with Crippen LogP contribution in [0.4, 0.5) is 0 Å². The Labute approximate surface area is 339 Å². The molecule has 272 valence electrons. The second-order valence-corrected chi connectivity index (χ2v) is 15.5. The zero-order chi connectivity index (χ0) is 38.6. The average Bonchev–Trinajstić information content (AvgIpc) is 3.78. The minimum Gasteiger partial charge on any atom is -0.309 e. The summed E-state index contributed by atoms with van der Waals surface area (Å²) < 4.78 is 2.45. The largest absolute Gasteiger partial charge is 0.309 e. The van der Waals surface area contributed by atoms with Crippen LogP contribution in [-0.4, -0.2) is 19.5 Å². The number of benzene rings is 9. The summed E-state index contributed by atoms with van der Waals surface area (Å²) in [5, 5.41) is 12.6. The predicted molar refractivity (Wildman–Crippen MR) is 245 cm³/mol. The van der Waals surface area contributed by atoms with Crippen molar-refractivity contribution in [1.29, 1.82) is 0 Å². The lowest BCUT2D eigenvalue weighted by atomic mass is 9.92. The maximum Gasteiger partial charge on any atom is 0.164 e. The molecular formula is C55H32N4. The fraction of sp³-hybridized carbons (Fsp3) is 0. The molecule has 2 aromatic heterocycles. The Kier molecular flexibility index (Phi) is 6.69. The molecule has 11 aromatic rings. The molecule has 0 unspecified atom stereocenters. The lowest BCUT2D eigenvalue weighted by Gasteiger charge is -2.13. The summed E-state index contributed by atoms with van der Waals surface area (Å²) in [5.74, 6) is 1.94. The quantitative estimate of drug-likeness (QED) is 0.176. The van der Waals surface area contributed by atoms with E-state index in [1.165, 1.54) is 81.8 Å². The summed E-state index contributed by atoms with van der Waals surface area (Å²) in [4.78, 5) is 15.2. The van der Waals surface area contributed by atoms with Crippen molar-refractivity contribution in [3.8, 4) is 62.1 Å². The van der Waals surface area contributed by atoms with Crippen LogP contribution in [-0.2, 0) is 0 Å². The van der Waals surface area contributed by atoms with Gasteiger partial charge in [0.2, 0.25) is 0 Å². The molecule has 0 saturated carbocycles. The van der Waals surface area contributed by atoms with Crippen LogP contribution in [0, 0.1) is 0 Å². The van der Waals surface area contributed by atoms with Crippen molar-refractivity contribution in [2.45, 2.75) is 0 Å². The molecule has 2 aliphatic rings. The summed E-state index contributed by atoms with van der Waals surface area (Å²) in [6, 6.07) is 69.7. The topological polar surface area (TPSA) is 43.6 Å². The van der Waals surface area contributed by atoms with Gasteiger partial charge in [-0.3, -0.25) is 0 Å². The Bertz CT molecular complexity index is 3700. The van der Waals surface area contributed by atoms with E-state index < -0.39 is 0 Å². The molecule has 0 N–H and O–H groups in total. The molecule has 0 fully saturated rings. The molecule has 0 saturated heterocycles. The van der Waals surface area contributed by atoms with Gasteiger partial charge in [-0.15, -0.1) is 0 Å². The first-order valence-corrected chi connectivity index (χ1v) is 20.1. The Hall–Kier alpha value is -7.95.